The van der Waals surface area contributed by atoms with Crippen molar-refractivity contribution in [1.29, 1.82) is 0 Å². The van der Waals surface area contributed by atoms with Crippen LogP contribution in [0.25, 0.3) is 0 Å². The number of thiazole rings is 1. The minimum atomic E-state index is -4.83. The fourth-order valence-electron chi connectivity index (χ4n) is 2.33. The number of aromatic nitrogens is 1. The number of phosphoric acid groups is 1. The van der Waals surface area contributed by atoms with Gasteiger partial charge in [0.1, 0.15) is 30.3 Å². The largest absolute Gasteiger partial charge is 0.524 e. The van der Waals surface area contributed by atoms with Crippen LogP contribution >= 0.6 is 19.2 Å². The highest BCUT2D eigenvalue weighted by atomic mass is 32.1. The van der Waals surface area contributed by atoms with Crippen molar-refractivity contribution in [1.82, 2.24) is 10.3 Å². The Labute approximate surface area is 201 Å². The first-order valence-corrected chi connectivity index (χ1v) is 11.9. The second-order valence-corrected chi connectivity index (χ2v) is 8.82. The number of carbonyl (C=O) groups excluding carboxylic acids is 1. The van der Waals surface area contributed by atoms with Gasteiger partial charge in [0.05, 0.1) is 23.2 Å². The van der Waals surface area contributed by atoms with Gasteiger partial charge in [-0.2, -0.15) is 0 Å². The van der Waals surface area contributed by atoms with Gasteiger partial charge in [0.25, 0.3) is 5.91 Å². The fraction of sp³-hybridized carbons (Fsp3) is 0.412. The molecule has 1 aromatic carbocycles. The summed E-state index contributed by atoms with van der Waals surface area (Å²) in [6, 6.07) is 5.38. The number of likely N-dealkylation sites (N-methyl/N-ethyl adjacent to an activating group) is 1. The van der Waals surface area contributed by atoms with Crippen molar-refractivity contribution >= 4 is 35.2 Å². The number of aliphatic hydroxyl groups is 5. The van der Waals surface area contributed by atoms with Crippen molar-refractivity contribution < 1.29 is 54.1 Å². The second kappa shape index (κ2) is 14.1. The van der Waals surface area contributed by atoms with E-state index in [4.69, 9.17) is 30.2 Å². The van der Waals surface area contributed by atoms with Gasteiger partial charge < -0.3 is 35.4 Å². The van der Waals surface area contributed by atoms with Crippen LogP contribution in [0.1, 0.15) is 10.4 Å². The van der Waals surface area contributed by atoms with Crippen molar-refractivity contribution in [2.24, 2.45) is 0 Å². The maximum Gasteiger partial charge on any atom is 0.524 e. The SMILES string of the molecule is CNC[C@H](O)[C@@H](O)[C@H](O)[C@H](O)CO.O=C(Nc1ncc([N+](=O)[O-])s1)c1ccccc1OP(=O)(O)O. The van der Waals surface area contributed by atoms with Crippen molar-refractivity contribution in [2.45, 2.75) is 24.4 Å². The summed E-state index contributed by atoms with van der Waals surface area (Å²) in [5.41, 5.74) is -0.149. The summed E-state index contributed by atoms with van der Waals surface area (Å²) in [4.78, 5) is 43.2. The molecule has 0 radical (unpaired) electrons. The van der Waals surface area contributed by atoms with E-state index in [0.29, 0.717) is 11.3 Å². The minimum absolute atomic E-state index is 0.0253. The maximum atomic E-state index is 12.1. The van der Waals surface area contributed by atoms with E-state index in [-0.39, 0.29) is 28.0 Å². The number of rotatable bonds is 11. The Morgan fingerprint density at radius 1 is 1.20 bits per heavy atom. The summed E-state index contributed by atoms with van der Waals surface area (Å²) in [6.45, 7) is -0.569. The average Bonchev–Trinajstić information content (AvgIpc) is 3.26. The normalized spacial score (nSPS) is 14.6. The third-order valence-corrected chi connectivity index (χ3v) is 5.28. The summed E-state index contributed by atoms with van der Waals surface area (Å²) >= 11 is 0.646. The van der Waals surface area contributed by atoms with Crippen LogP contribution < -0.4 is 15.2 Å². The smallest absolute Gasteiger partial charge is 0.403 e. The van der Waals surface area contributed by atoms with Crippen LogP contribution in [-0.4, -0.2) is 95.7 Å². The van der Waals surface area contributed by atoms with Gasteiger partial charge in [0.2, 0.25) is 0 Å². The van der Waals surface area contributed by atoms with Gasteiger partial charge in [-0.3, -0.25) is 30.0 Å². The third-order valence-electron chi connectivity index (χ3n) is 3.98. The number of aliphatic hydroxyl groups excluding tert-OH is 5. The summed E-state index contributed by atoms with van der Waals surface area (Å²) in [7, 11) is -3.25. The lowest BCUT2D eigenvalue weighted by atomic mass is 10.0. The molecule has 4 atom stereocenters. The zero-order valence-corrected chi connectivity index (χ0v) is 19.7. The molecule has 0 aliphatic carbocycles. The van der Waals surface area contributed by atoms with Gasteiger partial charge in [-0.1, -0.05) is 12.1 Å². The molecule has 0 saturated carbocycles. The number of nitrogens with zero attached hydrogens (tertiary/aromatic N) is 2. The van der Waals surface area contributed by atoms with Crippen molar-refractivity contribution in [3.63, 3.8) is 0 Å². The Morgan fingerprint density at radius 2 is 1.80 bits per heavy atom. The Bertz CT molecular complexity index is 1020. The number of amides is 1. The lowest BCUT2D eigenvalue weighted by molar-refractivity contribution is -0.380. The van der Waals surface area contributed by atoms with Crippen LogP contribution in [0.2, 0.25) is 0 Å². The van der Waals surface area contributed by atoms with Gasteiger partial charge >= 0.3 is 12.8 Å². The monoisotopic (exact) mass is 540 g/mol. The molecule has 1 aromatic heterocycles. The van der Waals surface area contributed by atoms with E-state index in [1.54, 1.807) is 7.05 Å². The number of hydrogen-bond donors (Lipinski definition) is 9. The Morgan fingerprint density at radius 3 is 2.31 bits per heavy atom. The van der Waals surface area contributed by atoms with E-state index < -0.39 is 49.7 Å². The van der Waals surface area contributed by atoms with Crippen LogP contribution in [-0.2, 0) is 4.57 Å². The number of phosphoric ester groups is 1. The third kappa shape index (κ3) is 10.3. The molecule has 1 amide bonds. The van der Waals surface area contributed by atoms with Crippen molar-refractivity contribution in [2.75, 3.05) is 25.5 Å². The molecular weight excluding hydrogens is 515 g/mol. The minimum Gasteiger partial charge on any atom is -0.403 e. The van der Waals surface area contributed by atoms with Crippen molar-refractivity contribution in [3.05, 3.63) is 46.1 Å². The van der Waals surface area contributed by atoms with Crippen LogP contribution in [0.15, 0.2) is 30.5 Å². The molecule has 0 aliphatic rings. The Balaban J connectivity index is 0.000000405. The molecule has 9 N–H and O–H groups in total. The first kappa shape index (κ1) is 30.5. The summed E-state index contributed by atoms with van der Waals surface area (Å²) < 4.78 is 15.3. The number of hydrogen-bond acceptors (Lipinski definition) is 13. The van der Waals surface area contributed by atoms with Gasteiger partial charge in [0.15, 0.2) is 5.13 Å². The quantitative estimate of drug-likeness (QED) is 0.0884. The highest BCUT2D eigenvalue weighted by Gasteiger charge is 2.29. The number of carbonyl (C=O) groups is 1. The molecule has 0 unspecified atom stereocenters. The number of nitrogens with one attached hydrogen (secondary N) is 2. The molecule has 196 valence electrons. The average molecular weight is 540 g/mol. The van der Waals surface area contributed by atoms with Gasteiger partial charge in [-0.15, -0.1) is 0 Å². The molecule has 18 heteroatoms. The van der Waals surface area contributed by atoms with E-state index in [9.17, 15) is 24.6 Å². The number of anilines is 1. The molecule has 0 bridgehead atoms. The number of nitro groups is 1. The Hall–Kier alpha value is -2.57. The zero-order valence-electron chi connectivity index (χ0n) is 18.0. The van der Waals surface area contributed by atoms with Crippen LogP contribution in [0.4, 0.5) is 10.1 Å². The molecule has 35 heavy (non-hydrogen) atoms. The van der Waals surface area contributed by atoms with Gasteiger partial charge in [0, 0.05) is 6.54 Å². The van der Waals surface area contributed by atoms with E-state index in [0.717, 1.165) is 6.20 Å². The van der Waals surface area contributed by atoms with E-state index in [2.05, 4.69) is 20.1 Å². The Kier molecular flexibility index (Phi) is 12.3. The first-order chi connectivity index (χ1) is 16.3. The highest BCUT2D eigenvalue weighted by molar-refractivity contribution is 7.46. The van der Waals surface area contributed by atoms with Gasteiger partial charge in [-0.05, 0) is 30.5 Å². The second-order valence-electron chi connectivity index (χ2n) is 6.65. The maximum absolute atomic E-state index is 12.1. The molecule has 16 nitrogen and oxygen atoms in total. The predicted octanol–water partition coefficient (Wildman–Crippen LogP) is -1.58. The molecule has 0 aliphatic heterocycles. The molecule has 2 aromatic rings. The standard InChI is InChI=1S/C10H8N3O7PS.C7H17NO5/c14-9(12-10-11-5-8(22-10)13(15)16)6-3-1-2-4-7(6)20-21(17,18)19;1-8-2-4(10)6(12)7(13)5(11)3-9/h1-5H,(H,11,12,14)(H2,17,18,19);4-13H,2-3H2,1H3/t;4-,5+,6+,7+/m.0/s1. The topological polar surface area (TPSA) is 265 Å². The van der Waals surface area contributed by atoms with Gasteiger partial charge in [-0.25, -0.2) is 9.55 Å². The molecule has 0 spiro atoms. The molecule has 1 heterocycles. The molecular formula is C17H25N4O12PS. The predicted molar refractivity (Wildman–Crippen MR) is 121 cm³/mol. The zero-order chi connectivity index (χ0) is 26.8. The summed E-state index contributed by atoms with van der Waals surface area (Å²) in [5, 5.41) is 60.0. The lowest BCUT2D eigenvalue weighted by Crippen LogP contribution is -2.48. The summed E-state index contributed by atoms with van der Waals surface area (Å²) in [5.74, 6) is -1.09. The number of para-hydroxylation sites is 1. The molecule has 0 fully saturated rings. The van der Waals surface area contributed by atoms with Crippen molar-refractivity contribution in [3.8, 4) is 5.75 Å². The van der Waals surface area contributed by atoms with E-state index in [1.807, 2.05) is 0 Å². The highest BCUT2D eigenvalue weighted by Crippen LogP contribution is 2.39. The number of benzene rings is 1. The first-order valence-electron chi connectivity index (χ1n) is 9.54. The molecule has 0 saturated heterocycles. The summed E-state index contributed by atoms with van der Waals surface area (Å²) in [6.07, 6.45) is -4.66. The van der Waals surface area contributed by atoms with Crippen LogP contribution in [0, 0.1) is 10.1 Å². The van der Waals surface area contributed by atoms with Crippen LogP contribution in [0.3, 0.4) is 0 Å². The lowest BCUT2D eigenvalue weighted by Gasteiger charge is -2.25. The van der Waals surface area contributed by atoms with E-state index in [1.165, 1.54) is 24.3 Å². The fourth-order valence-corrected chi connectivity index (χ4v) is 3.37. The molecule has 2 rings (SSSR count). The van der Waals surface area contributed by atoms with Crippen LogP contribution in [0.5, 0.6) is 5.75 Å². The van der Waals surface area contributed by atoms with E-state index >= 15 is 0 Å².